The fourth-order valence-corrected chi connectivity index (χ4v) is 2.92. The zero-order chi connectivity index (χ0) is 19.2. The van der Waals surface area contributed by atoms with Crippen LogP contribution in [0.3, 0.4) is 0 Å². The van der Waals surface area contributed by atoms with Gasteiger partial charge in [0.25, 0.3) is 5.91 Å². The number of barbiturate groups is 1. The van der Waals surface area contributed by atoms with Gasteiger partial charge in [-0.05, 0) is 12.1 Å². The summed E-state index contributed by atoms with van der Waals surface area (Å²) >= 11 is 0. The minimum Gasteiger partial charge on any atom is -0.497 e. The largest absolute Gasteiger partial charge is 0.497 e. The number of methoxy groups -OCH3 is 1. The van der Waals surface area contributed by atoms with E-state index in [1.54, 1.807) is 24.3 Å². The summed E-state index contributed by atoms with van der Waals surface area (Å²) < 4.78 is 10.4. The molecule has 3 rings (SSSR count). The van der Waals surface area contributed by atoms with Crippen molar-refractivity contribution in [3.05, 3.63) is 24.3 Å². The maximum absolute atomic E-state index is 12.7. The summed E-state index contributed by atoms with van der Waals surface area (Å²) in [5.74, 6) is -1.94. The third-order valence-corrected chi connectivity index (χ3v) is 4.42. The highest BCUT2D eigenvalue weighted by Gasteiger charge is 2.40. The van der Waals surface area contributed by atoms with Gasteiger partial charge in [0.05, 0.1) is 32.6 Å². The summed E-state index contributed by atoms with van der Waals surface area (Å²) in [5, 5.41) is 2.20. The molecule has 0 spiro atoms. The molecule has 0 bridgehead atoms. The summed E-state index contributed by atoms with van der Waals surface area (Å²) in [6.45, 7) is 4.27. The molecular formula is C18H22N4O5. The van der Waals surface area contributed by atoms with Crippen LogP contribution in [0.1, 0.15) is 0 Å². The number of rotatable bonds is 6. The Morgan fingerprint density at radius 3 is 2.81 bits per heavy atom. The second kappa shape index (κ2) is 8.74. The summed E-state index contributed by atoms with van der Waals surface area (Å²) in [6, 6.07) is 5.74. The lowest BCUT2D eigenvalue weighted by atomic mass is 10.1. The van der Waals surface area contributed by atoms with Gasteiger partial charge in [-0.3, -0.25) is 24.8 Å². The highest BCUT2D eigenvalue weighted by molar-refractivity contribution is 6.32. The number of amides is 4. The van der Waals surface area contributed by atoms with E-state index in [2.05, 4.69) is 15.2 Å². The smallest absolute Gasteiger partial charge is 0.335 e. The van der Waals surface area contributed by atoms with E-state index in [1.807, 2.05) is 0 Å². The average molecular weight is 374 g/mol. The number of ether oxygens (including phenoxy) is 2. The molecule has 27 heavy (non-hydrogen) atoms. The minimum absolute atomic E-state index is 0.330. The van der Waals surface area contributed by atoms with Gasteiger partial charge >= 0.3 is 6.03 Å². The first-order valence-electron chi connectivity index (χ1n) is 8.73. The molecule has 2 aliphatic rings. The van der Waals surface area contributed by atoms with Gasteiger partial charge < -0.3 is 9.47 Å². The van der Waals surface area contributed by atoms with E-state index in [-0.39, 0.29) is 0 Å². The van der Waals surface area contributed by atoms with E-state index in [9.17, 15) is 14.4 Å². The molecule has 1 atom stereocenters. The number of aliphatic imine (C=N–C) groups is 1. The van der Waals surface area contributed by atoms with Crippen molar-refractivity contribution >= 4 is 29.7 Å². The summed E-state index contributed by atoms with van der Waals surface area (Å²) in [6.07, 6.45) is 1.32. The lowest BCUT2D eigenvalue weighted by Crippen LogP contribution is -2.58. The average Bonchev–Trinajstić information content (AvgIpc) is 2.68. The fourth-order valence-electron chi connectivity index (χ4n) is 2.92. The Hall–Kier alpha value is -2.78. The standard InChI is InChI=1S/C18H22N4O5/c1-26-14-4-2-3-13(11-14)22-17(24)15(16(23)20-18(22)25)12-19-5-6-21-7-9-27-10-8-21/h2-4,11-12,15H,5-10H2,1H3,(H,20,23,25)/t15-/m0/s1. The number of morpholine rings is 1. The van der Waals surface area contributed by atoms with Crippen LogP contribution in [0.15, 0.2) is 29.3 Å². The molecule has 4 amide bonds. The van der Waals surface area contributed by atoms with Gasteiger partial charge in [-0.2, -0.15) is 0 Å². The Kier molecular flexibility index (Phi) is 6.15. The number of urea groups is 1. The number of hydrogen-bond donors (Lipinski definition) is 1. The zero-order valence-corrected chi connectivity index (χ0v) is 15.1. The van der Waals surface area contributed by atoms with Gasteiger partial charge in [-0.15, -0.1) is 0 Å². The quantitative estimate of drug-likeness (QED) is 0.568. The molecule has 2 aliphatic heterocycles. The van der Waals surface area contributed by atoms with Crippen LogP contribution < -0.4 is 15.0 Å². The topological polar surface area (TPSA) is 101 Å². The minimum atomic E-state index is -1.14. The lowest BCUT2D eigenvalue weighted by Gasteiger charge is -2.28. The normalized spacial score (nSPS) is 21.6. The van der Waals surface area contributed by atoms with Crippen LogP contribution >= 0.6 is 0 Å². The number of hydrogen-bond acceptors (Lipinski definition) is 7. The van der Waals surface area contributed by atoms with Crippen LogP contribution in [0.2, 0.25) is 0 Å². The Morgan fingerprint density at radius 1 is 1.30 bits per heavy atom. The number of nitrogens with one attached hydrogen (secondary N) is 1. The van der Waals surface area contributed by atoms with Crippen molar-refractivity contribution in [2.75, 3.05) is 51.4 Å². The highest BCUT2D eigenvalue weighted by Crippen LogP contribution is 2.24. The maximum atomic E-state index is 12.7. The van der Waals surface area contributed by atoms with Crippen LogP contribution in [-0.4, -0.2) is 75.5 Å². The molecule has 9 heteroatoms. The molecule has 0 saturated carbocycles. The Balaban J connectivity index is 1.67. The number of nitrogens with zero attached hydrogens (tertiary/aromatic N) is 3. The van der Waals surface area contributed by atoms with Gasteiger partial charge in [0.15, 0.2) is 5.92 Å². The first-order chi connectivity index (χ1) is 13.1. The van der Waals surface area contributed by atoms with Crippen molar-refractivity contribution in [1.29, 1.82) is 0 Å². The lowest BCUT2D eigenvalue weighted by molar-refractivity contribution is -0.131. The maximum Gasteiger partial charge on any atom is 0.335 e. The van der Waals surface area contributed by atoms with Gasteiger partial charge in [0.1, 0.15) is 5.75 Å². The van der Waals surface area contributed by atoms with E-state index in [0.717, 1.165) is 24.5 Å². The van der Waals surface area contributed by atoms with Crippen molar-refractivity contribution < 1.29 is 23.9 Å². The SMILES string of the molecule is COc1cccc(N2C(=O)NC(=O)[C@H](C=NCCN3CCOCC3)C2=O)c1. The molecule has 2 heterocycles. The highest BCUT2D eigenvalue weighted by atomic mass is 16.5. The van der Waals surface area contributed by atoms with Gasteiger partial charge in [0, 0.05) is 31.9 Å². The molecule has 0 unspecified atom stereocenters. The molecule has 0 aromatic heterocycles. The van der Waals surface area contributed by atoms with Gasteiger partial charge in [0.2, 0.25) is 5.91 Å². The van der Waals surface area contributed by atoms with Crippen molar-refractivity contribution in [1.82, 2.24) is 10.2 Å². The van der Waals surface area contributed by atoms with Gasteiger partial charge in [-0.25, -0.2) is 9.69 Å². The van der Waals surface area contributed by atoms with Crippen molar-refractivity contribution in [2.45, 2.75) is 0 Å². The van der Waals surface area contributed by atoms with E-state index in [0.29, 0.717) is 31.2 Å². The molecular weight excluding hydrogens is 352 g/mol. The number of anilines is 1. The molecule has 2 saturated heterocycles. The summed E-state index contributed by atoms with van der Waals surface area (Å²) in [7, 11) is 1.49. The zero-order valence-electron chi connectivity index (χ0n) is 15.1. The number of benzene rings is 1. The number of carbonyl (C=O) groups excluding carboxylic acids is 3. The molecule has 0 aliphatic carbocycles. The Labute approximate surface area is 156 Å². The molecule has 1 aromatic carbocycles. The van der Waals surface area contributed by atoms with Crippen molar-refractivity contribution in [3.63, 3.8) is 0 Å². The predicted octanol–water partition coefficient (Wildman–Crippen LogP) is 0.297. The third kappa shape index (κ3) is 4.50. The predicted molar refractivity (Wildman–Crippen MR) is 98.1 cm³/mol. The van der Waals surface area contributed by atoms with E-state index in [4.69, 9.17) is 9.47 Å². The first-order valence-corrected chi connectivity index (χ1v) is 8.73. The van der Waals surface area contributed by atoms with Gasteiger partial charge in [-0.1, -0.05) is 6.07 Å². The fraction of sp³-hybridized carbons (Fsp3) is 0.444. The third-order valence-electron chi connectivity index (χ3n) is 4.42. The monoisotopic (exact) mass is 374 g/mol. The Bertz CT molecular complexity index is 745. The van der Waals surface area contributed by atoms with E-state index < -0.39 is 23.8 Å². The van der Waals surface area contributed by atoms with Crippen LogP contribution in [0.5, 0.6) is 5.75 Å². The summed E-state index contributed by atoms with van der Waals surface area (Å²) in [4.78, 5) is 44.3. The van der Waals surface area contributed by atoms with Crippen LogP contribution in [-0.2, 0) is 14.3 Å². The second-order valence-electron chi connectivity index (χ2n) is 6.16. The van der Waals surface area contributed by atoms with Crippen LogP contribution in [0.25, 0.3) is 0 Å². The molecule has 144 valence electrons. The van der Waals surface area contributed by atoms with Crippen LogP contribution in [0.4, 0.5) is 10.5 Å². The molecule has 2 fully saturated rings. The summed E-state index contributed by atoms with van der Waals surface area (Å²) in [5.41, 5.74) is 0.330. The molecule has 0 radical (unpaired) electrons. The van der Waals surface area contributed by atoms with Crippen LogP contribution in [0, 0.1) is 5.92 Å². The number of imide groups is 2. The number of carbonyl (C=O) groups is 3. The second-order valence-corrected chi connectivity index (χ2v) is 6.16. The van der Waals surface area contributed by atoms with Crippen molar-refractivity contribution in [3.8, 4) is 5.75 Å². The Morgan fingerprint density at radius 2 is 2.07 bits per heavy atom. The molecule has 1 N–H and O–H groups in total. The first kappa shape index (κ1) is 19.0. The molecule has 9 nitrogen and oxygen atoms in total. The van der Waals surface area contributed by atoms with E-state index >= 15 is 0 Å². The molecule has 1 aromatic rings. The van der Waals surface area contributed by atoms with E-state index in [1.165, 1.54) is 13.3 Å². The van der Waals surface area contributed by atoms with Crippen molar-refractivity contribution in [2.24, 2.45) is 10.9 Å².